The van der Waals surface area contributed by atoms with Gasteiger partial charge in [-0.25, -0.2) is 4.98 Å². The van der Waals surface area contributed by atoms with Crippen molar-refractivity contribution in [1.29, 1.82) is 0 Å². The summed E-state index contributed by atoms with van der Waals surface area (Å²) in [4.78, 5) is 4.47. The van der Waals surface area contributed by atoms with E-state index in [1.54, 1.807) is 0 Å². The monoisotopic (exact) mass is 369 g/mol. The molecule has 0 fully saturated rings. The number of hydrogen-bond acceptors (Lipinski definition) is 2. The Balaban J connectivity index is 2.18. The molecule has 1 heterocycles. The number of rotatable bonds is 6. The summed E-state index contributed by atoms with van der Waals surface area (Å²) in [6.45, 7) is 6.23. The van der Waals surface area contributed by atoms with Crippen molar-refractivity contribution in [2.24, 2.45) is 0 Å². The van der Waals surface area contributed by atoms with Crippen molar-refractivity contribution in [2.75, 3.05) is 6.54 Å². The third-order valence-corrected chi connectivity index (χ3v) is 3.97. The summed E-state index contributed by atoms with van der Waals surface area (Å²) >= 11 is 2.34. The third kappa shape index (κ3) is 3.79. The largest absolute Gasteiger partial charge is 0.335 e. The van der Waals surface area contributed by atoms with Gasteiger partial charge in [0.15, 0.2) is 0 Å². The van der Waals surface area contributed by atoms with Crippen LogP contribution >= 0.6 is 22.6 Å². The van der Waals surface area contributed by atoms with Gasteiger partial charge in [0.2, 0.25) is 0 Å². The van der Waals surface area contributed by atoms with Gasteiger partial charge in [-0.05, 0) is 53.8 Å². The van der Waals surface area contributed by atoms with Crippen molar-refractivity contribution in [1.82, 2.24) is 14.9 Å². The van der Waals surface area contributed by atoms with E-state index in [1.165, 1.54) is 9.13 Å². The number of likely N-dealkylation sites (N-methyl/N-ethyl adjacent to an activating group) is 1. The molecule has 1 N–H and O–H groups in total. The van der Waals surface area contributed by atoms with Crippen LogP contribution < -0.4 is 5.32 Å². The van der Waals surface area contributed by atoms with Crippen LogP contribution in [0, 0.1) is 3.57 Å². The van der Waals surface area contributed by atoms with Gasteiger partial charge < -0.3 is 9.88 Å². The molecular formula is C15H20IN3. The minimum Gasteiger partial charge on any atom is -0.335 e. The molecule has 3 nitrogen and oxygen atoms in total. The highest BCUT2D eigenvalue weighted by Crippen LogP contribution is 2.19. The van der Waals surface area contributed by atoms with Crippen LogP contribution in [0.3, 0.4) is 0 Å². The highest BCUT2D eigenvalue weighted by Gasteiger charge is 2.14. The predicted molar refractivity (Wildman–Crippen MR) is 87.2 cm³/mol. The predicted octanol–water partition coefficient (Wildman–Crippen LogP) is 3.40. The smallest absolute Gasteiger partial charge is 0.110 e. The Labute approximate surface area is 128 Å². The van der Waals surface area contributed by atoms with Crippen LogP contribution in [0.5, 0.6) is 0 Å². The zero-order valence-electron chi connectivity index (χ0n) is 11.4. The first-order valence-electron chi connectivity index (χ1n) is 6.73. The molecule has 0 spiro atoms. The highest BCUT2D eigenvalue weighted by atomic mass is 127. The lowest BCUT2D eigenvalue weighted by Gasteiger charge is -2.18. The number of nitrogens with zero attached hydrogens (tertiary/aromatic N) is 2. The molecular weight excluding hydrogens is 349 g/mol. The Kier molecular flexibility index (Phi) is 5.39. The molecule has 1 atom stereocenters. The fourth-order valence-electron chi connectivity index (χ4n) is 2.25. The zero-order valence-corrected chi connectivity index (χ0v) is 13.6. The normalized spacial score (nSPS) is 12.6. The molecule has 1 unspecified atom stereocenters. The van der Waals surface area contributed by atoms with Crippen LogP contribution in [-0.2, 0) is 13.0 Å². The second-order valence-corrected chi connectivity index (χ2v) is 5.74. The minimum absolute atomic E-state index is 0.328. The van der Waals surface area contributed by atoms with E-state index in [0.717, 1.165) is 25.3 Å². The molecule has 2 aromatic rings. The summed E-state index contributed by atoms with van der Waals surface area (Å²) in [6, 6.07) is 9.05. The van der Waals surface area contributed by atoms with Gasteiger partial charge in [0, 0.05) is 35.0 Å². The van der Waals surface area contributed by atoms with Crippen molar-refractivity contribution >= 4 is 22.6 Å². The van der Waals surface area contributed by atoms with E-state index >= 15 is 0 Å². The summed E-state index contributed by atoms with van der Waals surface area (Å²) in [6.07, 6.45) is 4.86. The van der Waals surface area contributed by atoms with E-state index in [2.05, 4.69) is 75.6 Å². The Bertz CT molecular complexity index is 504. The quantitative estimate of drug-likeness (QED) is 0.791. The summed E-state index contributed by atoms with van der Waals surface area (Å²) < 4.78 is 3.48. The molecule has 0 aliphatic heterocycles. The second kappa shape index (κ2) is 7.05. The first kappa shape index (κ1) is 14.5. The van der Waals surface area contributed by atoms with Crippen molar-refractivity contribution in [3.8, 4) is 0 Å². The van der Waals surface area contributed by atoms with Gasteiger partial charge in [0.25, 0.3) is 0 Å². The molecule has 1 aromatic carbocycles. The number of hydrogen-bond donors (Lipinski definition) is 1. The number of halogens is 1. The number of nitrogens with one attached hydrogen (secondary N) is 1. The lowest BCUT2D eigenvalue weighted by atomic mass is 10.0. The minimum atomic E-state index is 0.328. The zero-order chi connectivity index (χ0) is 13.7. The Morgan fingerprint density at radius 3 is 2.63 bits per heavy atom. The fraction of sp³-hybridized carbons (Fsp3) is 0.400. The summed E-state index contributed by atoms with van der Waals surface area (Å²) in [7, 11) is 0. The molecule has 2 rings (SSSR count). The Hall–Kier alpha value is -0.880. The van der Waals surface area contributed by atoms with E-state index in [-0.39, 0.29) is 0 Å². The van der Waals surface area contributed by atoms with Crippen molar-refractivity contribution in [2.45, 2.75) is 32.9 Å². The van der Waals surface area contributed by atoms with Crippen molar-refractivity contribution in [3.63, 3.8) is 0 Å². The van der Waals surface area contributed by atoms with Gasteiger partial charge in [-0.2, -0.15) is 0 Å². The SMILES string of the molecule is CCNC(Cc1nccn1CC)c1ccc(I)cc1. The maximum atomic E-state index is 4.47. The highest BCUT2D eigenvalue weighted by molar-refractivity contribution is 14.1. The fourth-order valence-corrected chi connectivity index (χ4v) is 2.61. The first-order chi connectivity index (χ1) is 9.24. The molecule has 0 saturated heterocycles. The van der Waals surface area contributed by atoms with Crippen LogP contribution in [0.2, 0.25) is 0 Å². The number of aromatic nitrogens is 2. The summed E-state index contributed by atoms with van der Waals surface area (Å²) in [5, 5.41) is 3.55. The molecule has 0 bridgehead atoms. The van der Waals surface area contributed by atoms with Gasteiger partial charge in [-0.15, -0.1) is 0 Å². The van der Waals surface area contributed by atoms with E-state index in [0.29, 0.717) is 6.04 Å². The standard InChI is InChI=1S/C15H20IN3/c1-3-17-14(12-5-7-13(16)8-6-12)11-15-18-9-10-19(15)4-2/h5-10,14,17H,3-4,11H2,1-2H3. The molecule has 0 radical (unpaired) electrons. The average Bonchev–Trinajstić information content (AvgIpc) is 2.86. The molecule has 4 heteroatoms. The van der Waals surface area contributed by atoms with Crippen LogP contribution in [0.25, 0.3) is 0 Å². The molecule has 1 aromatic heterocycles. The second-order valence-electron chi connectivity index (χ2n) is 4.50. The molecule has 0 aliphatic rings. The third-order valence-electron chi connectivity index (χ3n) is 3.25. The van der Waals surface area contributed by atoms with Crippen LogP contribution in [0.4, 0.5) is 0 Å². The molecule has 0 amide bonds. The number of benzene rings is 1. The van der Waals surface area contributed by atoms with Gasteiger partial charge in [0.1, 0.15) is 5.82 Å². The van der Waals surface area contributed by atoms with E-state index in [9.17, 15) is 0 Å². The number of imidazole rings is 1. The molecule has 0 saturated carbocycles. The number of aryl methyl sites for hydroxylation is 1. The average molecular weight is 369 g/mol. The maximum Gasteiger partial charge on any atom is 0.110 e. The van der Waals surface area contributed by atoms with Gasteiger partial charge in [-0.1, -0.05) is 19.1 Å². The molecule has 102 valence electrons. The van der Waals surface area contributed by atoms with Gasteiger partial charge >= 0.3 is 0 Å². The first-order valence-corrected chi connectivity index (χ1v) is 7.81. The Morgan fingerprint density at radius 2 is 2.00 bits per heavy atom. The summed E-state index contributed by atoms with van der Waals surface area (Å²) in [5.41, 5.74) is 1.33. The van der Waals surface area contributed by atoms with E-state index in [4.69, 9.17) is 0 Å². The lowest BCUT2D eigenvalue weighted by molar-refractivity contribution is 0.522. The lowest BCUT2D eigenvalue weighted by Crippen LogP contribution is -2.24. The van der Waals surface area contributed by atoms with E-state index in [1.807, 2.05) is 12.4 Å². The van der Waals surface area contributed by atoms with Crippen LogP contribution in [0.15, 0.2) is 36.7 Å². The van der Waals surface area contributed by atoms with Crippen LogP contribution in [0.1, 0.15) is 31.3 Å². The molecule has 19 heavy (non-hydrogen) atoms. The maximum absolute atomic E-state index is 4.47. The summed E-state index contributed by atoms with van der Waals surface area (Å²) in [5.74, 6) is 1.15. The van der Waals surface area contributed by atoms with Gasteiger partial charge in [-0.3, -0.25) is 0 Å². The topological polar surface area (TPSA) is 29.9 Å². The van der Waals surface area contributed by atoms with Crippen molar-refractivity contribution < 1.29 is 0 Å². The van der Waals surface area contributed by atoms with Gasteiger partial charge in [0.05, 0.1) is 0 Å². The van der Waals surface area contributed by atoms with E-state index < -0.39 is 0 Å². The Morgan fingerprint density at radius 1 is 1.26 bits per heavy atom. The van der Waals surface area contributed by atoms with Crippen molar-refractivity contribution in [3.05, 3.63) is 51.6 Å². The molecule has 0 aliphatic carbocycles. The van der Waals surface area contributed by atoms with Crippen LogP contribution in [-0.4, -0.2) is 16.1 Å².